The van der Waals surface area contributed by atoms with Crippen LogP contribution in [0.5, 0.6) is 6.01 Å². The quantitative estimate of drug-likeness (QED) is 0.870. The monoisotopic (exact) mass is 248 g/mol. The molecule has 0 saturated carbocycles. The summed E-state index contributed by atoms with van der Waals surface area (Å²) in [4.78, 5) is 16.5. The van der Waals surface area contributed by atoms with Crippen LogP contribution in [0.25, 0.3) is 10.9 Å². The second-order valence-electron chi connectivity index (χ2n) is 4.39. The summed E-state index contributed by atoms with van der Waals surface area (Å²) in [6, 6.07) is 3.84. The molecule has 5 nitrogen and oxygen atoms in total. The van der Waals surface area contributed by atoms with E-state index in [-0.39, 0.29) is 11.6 Å². The molecular formula is C13H16N2O3. The van der Waals surface area contributed by atoms with Crippen LogP contribution in [0.1, 0.15) is 24.2 Å². The minimum atomic E-state index is -0.684. The predicted molar refractivity (Wildman–Crippen MR) is 68.9 cm³/mol. The molecule has 1 atom stereocenters. The average Bonchev–Trinajstić information content (AvgIpc) is 2.33. The molecule has 1 heterocycles. The van der Waals surface area contributed by atoms with E-state index >= 15 is 0 Å². The van der Waals surface area contributed by atoms with Crippen molar-refractivity contribution in [2.24, 2.45) is 7.05 Å². The van der Waals surface area contributed by atoms with Gasteiger partial charge in [0, 0.05) is 12.6 Å². The van der Waals surface area contributed by atoms with Gasteiger partial charge >= 0.3 is 0 Å². The summed E-state index contributed by atoms with van der Waals surface area (Å²) in [6.07, 6.45) is -0.684. The van der Waals surface area contributed by atoms with E-state index in [1.54, 1.807) is 20.0 Å². The highest BCUT2D eigenvalue weighted by Gasteiger charge is 2.15. The zero-order valence-corrected chi connectivity index (χ0v) is 10.9. The molecule has 1 aromatic heterocycles. The van der Waals surface area contributed by atoms with Crippen LogP contribution >= 0.6 is 0 Å². The van der Waals surface area contributed by atoms with Gasteiger partial charge in [-0.2, -0.15) is 4.98 Å². The molecule has 1 N–H and O–H groups in total. The van der Waals surface area contributed by atoms with Crippen molar-refractivity contribution >= 4 is 10.9 Å². The maximum absolute atomic E-state index is 12.2. The molecule has 0 aliphatic heterocycles. The second kappa shape index (κ2) is 4.42. The summed E-state index contributed by atoms with van der Waals surface area (Å²) >= 11 is 0. The number of aromatic nitrogens is 2. The largest absolute Gasteiger partial charge is 0.468 e. The van der Waals surface area contributed by atoms with Crippen molar-refractivity contribution in [3.05, 3.63) is 33.6 Å². The first-order valence-electron chi connectivity index (χ1n) is 5.69. The lowest BCUT2D eigenvalue weighted by molar-refractivity contribution is 0.200. The summed E-state index contributed by atoms with van der Waals surface area (Å²) in [7, 11) is 3.07. The Balaban J connectivity index is 2.97. The second-order valence-corrected chi connectivity index (χ2v) is 4.39. The van der Waals surface area contributed by atoms with Gasteiger partial charge in [0.25, 0.3) is 11.6 Å². The Hall–Kier alpha value is -1.88. The van der Waals surface area contributed by atoms with Crippen LogP contribution in [-0.2, 0) is 7.05 Å². The van der Waals surface area contributed by atoms with Gasteiger partial charge in [-0.1, -0.05) is 6.07 Å². The molecule has 18 heavy (non-hydrogen) atoms. The molecule has 5 heteroatoms. The lowest BCUT2D eigenvalue weighted by atomic mass is 10.0. The van der Waals surface area contributed by atoms with Gasteiger partial charge in [-0.25, -0.2) is 0 Å². The van der Waals surface area contributed by atoms with E-state index < -0.39 is 6.10 Å². The summed E-state index contributed by atoms with van der Waals surface area (Å²) in [5.41, 5.74) is 1.88. The normalized spacial score (nSPS) is 12.7. The van der Waals surface area contributed by atoms with Crippen LogP contribution in [0.4, 0.5) is 0 Å². The van der Waals surface area contributed by atoms with Gasteiger partial charge in [0.2, 0.25) is 0 Å². The highest BCUT2D eigenvalue weighted by atomic mass is 16.5. The molecule has 2 rings (SSSR count). The van der Waals surface area contributed by atoms with Gasteiger partial charge in [0.15, 0.2) is 0 Å². The first-order chi connectivity index (χ1) is 8.45. The third-order valence-corrected chi connectivity index (χ3v) is 2.95. The number of benzene rings is 1. The van der Waals surface area contributed by atoms with Crippen molar-refractivity contribution in [1.29, 1.82) is 0 Å². The number of aliphatic hydroxyl groups is 1. The molecular weight excluding hydrogens is 232 g/mol. The number of aryl methyl sites for hydroxylation is 1. The van der Waals surface area contributed by atoms with Crippen LogP contribution < -0.4 is 10.3 Å². The van der Waals surface area contributed by atoms with E-state index in [1.807, 2.05) is 13.0 Å². The van der Waals surface area contributed by atoms with Gasteiger partial charge in [0.05, 0.1) is 24.1 Å². The fraction of sp³-hybridized carbons (Fsp3) is 0.385. The Labute approximate surface area is 105 Å². The average molecular weight is 248 g/mol. The predicted octanol–water partition coefficient (Wildman–Crippen LogP) is 1.30. The molecule has 0 spiro atoms. The van der Waals surface area contributed by atoms with Crippen molar-refractivity contribution in [3.8, 4) is 6.01 Å². The molecule has 96 valence electrons. The van der Waals surface area contributed by atoms with E-state index in [0.717, 1.165) is 5.56 Å². The maximum atomic E-state index is 12.2. The van der Waals surface area contributed by atoms with E-state index in [4.69, 9.17) is 4.74 Å². The first-order valence-corrected chi connectivity index (χ1v) is 5.69. The third-order valence-electron chi connectivity index (χ3n) is 2.95. The maximum Gasteiger partial charge on any atom is 0.299 e. The lowest BCUT2D eigenvalue weighted by Crippen LogP contribution is -2.20. The zero-order chi connectivity index (χ0) is 13.4. The molecule has 2 aromatic rings. The molecule has 0 fully saturated rings. The van der Waals surface area contributed by atoms with E-state index in [0.29, 0.717) is 16.5 Å². The Kier molecular flexibility index (Phi) is 3.09. The SMILES string of the molecule is COc1nc2c(C(C)O)cc(C)cc2c(=O)n1C. The van der Waals surface area contributed by atoms with E-state index in [1.165, 1.54) is 11.7 Å². The Morgan fingerprint density at radius 3 is 2.67 bits per heavy atom. The zero-order valence-electron chi connectivity index (χ0n) is 10.9. The molecule has 0 aliphatic carbocycles. The number of fused-ring (bicyclic) bond motifs is 1. The topological polar surface area (TPSA) is 64.3 Å². The van der Waals surface area contributed by atoms with Crippen LogP contribution in [-0.4, -0.2) is 21.8 Å². The smallest absolute Gasteiger partial charge is 0.299 e. The Morgan fingerprint density at radius 1 is 1.44 bits per heavy atom. The molecule has 0 amide bonds. The number of nitrogens with zero attached hydrogens (tertiary/aromatic N) is 2. The van der Waals surface area contributed by atoms with Crippen LogP contribution in [0.2, 0.25) is 0 Å². The van der Waals surface area contributed by atoms with Gasteiger partial charge < -0.3 is 9.84 Å². The standard InChI is InChI=1S/C13H16N2O3/c1-7-5-9(8(2)16)11-10(6-7)12(17)15(3)13(14-11)18-4/h5-6,8,16H,1-4H3. The first kappa shape index (κ1) is 12.6. The van der Waals surface area contributed by atoms with Crippen molar-refractivity contribution < 1.29 is 9.84 Å². The van der Waals surface area contributed by atoms with Crippen LogP contribution in [0, 0.1) is 6.92 Å². The highest BCUT2D eigenvalue weighted by Crippen LogP contribution is 2.24. The summed E-state index contributed by atoms with van der Waals surface area (Å²) in [5.74, 6) is 0. The molecule has 0 bridgehead atoms. The Morgan fingerprint density at radius 2 is 2.11 bits per heavy atom. The van der Waals surface area contributed by atoms with Gasteiger partial charge in [-0.05, 0) is 25.5 Å². The van der Waals surface area contributed by atoms with Gasteiger partial charge in [-0.3, -0.25) is 9.36 Å². The number of hydrogen-bond acceptors (Lipinski definition) is 4. The van der Waals surface area contributed by atoms with Crippen molar-refractivity contribution in [1.82, 2.24) is 9.55 Å². The molecule has 0 radical (unpaired) electrons. The Bertz CT molecular complexity index is 659. The number of hydrogen-bond donors (Lipinski definition) is 1. The van der Waals surface area contributed by atoms with Crippen LogP contribution in [0.15, 0.2) is 16.9 Å². The molecule has 1 unspecified atom stereocenters. The van der Waals surface area contributed by atoms with Crippen molar-refractivity contribution in [2.75, 3.05) is 7.11 Å². The third kappa shape index (κ3) is 1.86. The van der Waals surface area contributed by atoms with Crippen molar-refractivity contribution in [3.63, 3.8) is 0 Å². The number of ether oxygens (including phenoxy) is 1. The fourth-order valence-electron chi connectivity index (χ4n) is 2.03. The van der Waals surface area contributed by atoms with Crippen LogP contribution in [0.3, 0.4) is 0 Å². The van der Waals surface area contributed by atoms with E-state index in [9.17, 15) is 9.90 Å². The van der Waals surface area contributed by atoms with Gasteiger partial charge in [-0.15, -0.1) is 0 Å². The number of rotatable bonds is 2. The van der Waals surface area contributed by atoms with E-state index in [2.05, 4.69) is 4.98 Å². The fourth-order valence-corrected chi connectivity index (χ4v) is 2.03. The summed E-state index contributed by atoms with van der Waals surface area (Å²) in [6.45, 7) is 3.54. The number of methoxy groups -OCH3 is 1. The summed E-state index contributed by atoms with van der Waals surface area (Å²) < 4.78 is 6.42. The lowest BCUT2D eigenvalue weighted by Gasteiger charge is -2.12. The van der Waals surface area contributed by atoms with Crippen molar-refractivity contribution in [2.45, 2.75) is 20.0 Å². The molecule has 0 aliphatic rings. The molecule has 0 saturated heterocycles. The number of aliphatic hydroxyl groups excluding tert-OH is 1. The minimum absolute atomic E-state index is 0.178. The summed E-state index contributed by atoms with van der Waals surface area (Å²) in [5, 5.41) is 10.3. The molecule has 1 aromatic carbocycles. The van der Waals surface area contributed by atoms with Gasteiger partial charge in [0.1, 0.15) is 0 Å². The minimum Gasteiger partial charge on any atom is -0.468 e. The highest BCUT2D eigenvalue weighted by molar-refractivity contribution is 5.82.